The van der Waals surface area contributed by atoms with Gasteiger partial charge in [0, 0.05) is 55.3 Å². The monoisotopic (exact) mass is 421 g/mol. The van der Waals surface area contributed by atoms with Crippen molar-refractivity contribution >= 4 is 29.1 Å². The van der Waals surface area contributed by atoms with Crippen molar-refractivity contribution in [3.8, 4) is 5.75 Å². The number of anilines is 2. The SMILES string of the molecule is COc1ccc(C(=O)NCC2CC(=O)N(c3ccc(N4CCCCC4=O)cc3)C2)cc1. The largest absolute Gasteiger partial charge is 0.497 e. The lowest BCUT2D eigenvalue weighted by Gasteiger charge is -2.27. The van der Waals surface area contributed by atoms with Crippen molar-refractivity contribution in [1.82, 2.24) is 5.32 Å². The summed E-state index contributed by atoms with van der Waals surface area (Å²) in [6.07, 6.45) is 2.96. The number of nitrogens with one attached hydrogen (secondary N) is 1. The second kappa shape index (κ2) is 9.20. The number of nitrogens with zero attached hydrogens (tertiary/aromatic N) is 2. The first-order valence-electron chi connectivity index (χ1n) is 10.7. The van der Waals surface area contributed by atoms with E-state index < -0.39 is 0 Å². The fourth-order valence-electron chi connectivity index (χ4n) is 4.14. The molecule has 1 atom stereocenters. The van der Waals surface area contributed by atoms with E-state index >= 15 is 0 Å². The topological polar surface area (TPSA) is 79.0 Å². The third kappa shape index (κ3) is 4.71. The predicted octanol–water partition coefficient (Wildman–Crippen LogP) is 3.00. The average Bonchev–Trinajstić information content (AvgIpc) is 3.18. The number of ether oxygens (including phenoxy) is 1. The molecule has 0 spiro atoms. The molecule has 4 rings (SSSR count). The molecule has 7 nitrogen and oxygen atoms in total. The summed E-state index contributed by atoms with van der Waals surface area (Å²) < 4.78 is 5.11. The lowest BCUT2D eigenvalue weighted by atomic mass is 10.1. The molecule has 2 aliphatic rings. The Bertz CT molecular complexity index is 956. The normalized spacial score (nSPS) is 18.9. The molecule has 0 radical (unpaired) electrons. The summed E-state index contributed by atoms with van der Waals surface area (Å²) >= 11 is 0. The third-order valence-electron chi connectivity index (χ3n) is 5.91. The van der Waals surface area contributed by atoms with Gasteiger partial charge in [0.15, 0.2) is 0 Å². The summed E-state index contributed by atoms with van der Waals surface area (Å²) in [5.74, 6) is 0.792. The van der Waals surface area contributed by atoms with Crippen molar-refractivity contribution in [2.75, 3.05) is 36.5 Å². The van der Waals surface area contributed by atoms with Gasteiger partial charge in [-0.2, -0.15) is 0 Å². The Morgan fingerprint density at radius 1 is 0.968 bits per heavy atom. The highest BCUT2D eigenvalue weighted by Crippen LogP contribution is 2.28. The molecule has 0 saturated carbocycles. The first-order chi connectivity index (χ1) is 15.0. The van der Waals surface area contributed by atoms with Gasteiger partial charge in [-0.05, 0) is 61.4 Å². The van der Waals surface area contributed by atoms with Crippen LogP contribution in [0.5, 0.6) is 5.75 Å². The van der Waals surface area contributed by atoms with Gasteiger partial charge in [0.1, 0.15) is 5.75 Å². The van der Waals surface area contributed by atoms with Crippen molar-refractivity contribution in [3.05, 3.63) is 54.1 Å². The van der Waals surface area contributed by atoms with Crippen molar-refractivity contribution in [2.45, 2.75) is 25.7 Å². The molecular formula is C24H27N3O4. The third-order valence-corrected chi connectivity index (χ3v) is 5.91. The van der Waals surface area contributed by atoms with Gasteiger partial charge in [0.05, 0.1) is 7.11 Å². The van der Waals surface area contributed by atoms with E-state index in [0.29, 0.717) is 37.2 Å². The first-order valence-corrected chi connectivity index (χ1v) is 10.7. The molecule has 2 heterocycles. The number of carbonyl (C=O) groups excluding carboxylic acids is 3. The number of methoxy groups -OCH3 is 1. The van der Waals surface area contributed by atoms with Crippen LogP contribution < -0.4 is 19.9 Å². The van der Waals surface area contributed by atoms with Crippen LogP contribution in [0.3, 0.4) is 0 Å². The number of carbonyl (C=O) groups is 3. The van der Waals surface area contributed by atoms with Crippen molar-refractivity contribution in [1.29, 1.82) is 0 Å². The van der Waals surface area contributed by atoms with Crippen LogP contribution in [0.4, 0.5) is 11.4 Å². The Balaban J connectivity index is 1.33. The highest BCUT2D eigenvalue weighted by Gasteiger charge is 2.31. The maximum atomic E-state index is 12.5. The quantitative estimate of drug-likeness (QED) is 0.778. The number of rotatable bonds is 6. The second-order valence-corrected chi connectivity index (χ2v) is 8.03. The number of hydrogen-bond acceptors (Lipinski definition) is 4. The zero-order chi connectivity index (χ0) is 21.8. The van der Waals surface area contributed by atoms with Crippen molar-refractivity contribution in [3.63, 3.8) is 0 Å². The summed E-state index contributed by atoms with van der Waals surface area (Å²) in [4.78, 5) is 40.6. The second-order valence-electron chi connectivity index (χ2n) is 8.03. The molecule has 2 fully saturated rings. The Kier molecular flexibility index (Phi) is 6.21. The lowest BCUT2D eigenvalue weighted by molar-refractivity contribution is -0.119. The maximum absolute atomic E-state index is 12.5. The molecule has 1 N–H and O–H groups in total. The van der Waals surface area contributed by atoms with E-state index in [1.807, 2.05) is 29.2 Å². The standard InChI is InChI=1S/C24H27N3O4/c1-31-21-11-5-18(6-12-21)24(30)25-15-17-14-23(29)27(16-17)20-9-7-19(8-10-20)26-13-3-2-4-22(26)28/h5-12,17H,2-4,13-16H2,1H3,(H,25,30). The molecule has 2 aromatic carbocycles. The van der Waals surface area contributed by atoms with Crippen LogP contribution >= 0.6 is 0 Å². The molecule has 31 heavy (non-hydrogen) atoms. The molecule has 3 amide bonds. The minimum Gasteiger partial charge on any atom is -0.497 e. The van der Waals surface area contributed by atoms with Crippen LogP contribution in [0.1, 0.15) is 36.0 Å². The molecule has 2 aliphatic heterocycles. The van der Waals surface area contributed by atoms with E-state index in [9.17, 15) is 14.4 Å². The fraction of sp³-hybridized carbons (Fsp3) is 0.375. The fourth-order valence-corrected chi connectivity index (χ4v) is 4.14. The average molecular weight is 421 g/mol. The molecule has 0 aromatic heterocycles. The van der Waals surface area contributed by atoms with E-state index in [0.717, 1.165) is 30.8 Å². The summed E-state index contributed by atoms with van der Waals surface area (Å²) in [7, 11) is 1.58. The zero-order valence-corrected chi connectivity index (χ0v) is 17.7. The van der Waals surface area contributed by atoms with Gasteiger partial charge in [0.25, 0.3) is 5.91 Å². The minimum absolute atomic E-state index is 0.0468. The van der Waals surface area contributed by atoms with Gasteiger partial charge in [-0.25, -0.2) is 0 Å². The van der Waals surface area contributed by atoms with E-state index in [2.05, 4.69) is 5.32 Å². The van der Waals surface area contributed by atoms with Crippen molar-refractivity contribution < 1.29 is 19.1 Å². The number of hydrogen-bond donors (Lipinski definition) is 1. The molecular weight excluding hydrogens is 394 g/mol. The highest BCUT2D eigenvalue weighted by molar-refractivity contribution is 5.97. The Morgan fingerprint density at radius 3 is 2.29 bits per heavy atom. The van der Waals surface area contributed by atoms with Crippen molar-refractivity contribution in [2.24, 2.45) is 5.92 Å². The van der Waals surface area contributed by atoms with Gasteiger partial charge < -0.3 is 19.9 Å². The molecule has 0 aliphatic carbocycles. The van der Waals surface area contributed by atoms with Gasteiger partial charge >= 0.3 is 0 Å². The van der Waals surface area contributed by atoms with E-state index in [-0.39, 0.29) is 23.6 Å². The minimum atomic E-state index is -0.163. The van der Waals surface area contributed by atoms with Gasteiger partial charge in [-0.15, -0.1) is 0 Å². The molecule has 2 aromatic rings. The molecule has 0 bridgehead atoms. The summed E-state index contributed by atoms with van der Waals surface area (Å²) in [5.41, 5.74) is 2.26. The number of benzene rings is 2. The Morgan fingerprint density at radius 2 is 1.65 bits per heavy atom. The first kappa shape index (κ1) is 20.9. The molecule has 2 saturated heterocycles. The lowest BCUT2D eigenvalue weighted by Crippen LogP contribution is -2.35. The van der Waals surface area contributed by atoms with Crippen LogP contribution in [0, 0.1) is 5.92 Å². The smallest absolute Gasteiger partial charge is 0.251 e. The van der Waals surface area contributed by atoms with Gasteiger partial charge in [-0.3, -0.25) is 14.4 Å². The van der Waals surface area contributed by atoms with E-state index in [1.165, 1.54) is 0 Å². The van der Waals surface area contributed by atoms with Crippen LogP contribution in [-0.4, -0.2) is 44.5 Å². The Hall–Kier alpha value is -3.35. The summed E-state index contributed by atoms with van der Waals surface area (Å²) in [6.45, 7) is 1.74. The van der Waals surface area contributed by atoms with Gasteiger partial charge in [-0.1, -0.05) is 0 Å². The molecule has 7 heteroatoms. The predicted molar refractivity (Wildman–Crippen MR) is 118 cm³/mol. The van der Waals surface area contributed by atoms with E-state index in [1.54, 1.807) is 36.3 Å². The maximum Gasteiger partial charge on any atom is 0.251 e. The zero-order valence-electron chi connectivity index (χ0n) is 17.7. The van der Waals surface area contributed by atoms with Crippen LogP contribution in [0.25, 0.3) is 0 Å². The van der Waals surface area contributed by atoms with E-state index in [4.69, 9.17) is 4.74 Å². The number of piperidine rings is 1. The Labute approximate surface area is 182 Å². The van der Waals surface area contributed by atoms with Crippen LogP contribution in [-0.2, 0) is 9.59 Å². The number of amides is 3. The van der Waals surface area contributed by atoms with Gasteiger partial charge in [0.2, 0.25) is 11.8 Å². The molecule has 162 valence electrons. The van der Waals surface area contributed by atoms with Crippen LogP contribution in [0.15, 0.2) is 48.5 Å². The molecule has 1 unspecified atom stereocenters. The highest BCUT2D eigenvalue weighted by atomic mass is 16.5. The summed E-state index contributed by atoms with van der Waals surface area (Å²) in [5, 5.41) is 2.93. The summed E-state index contributed by atoms with van der Waals surface area (Å²) in [6, 6.07) is 14.5. The van der Waals surface area contributed by atoms with Crippen LogP contribution in [0.2, 0.25) is 0 Å².